The van der Waals surface area contributed by atoms with Crippen molar-refractivity contribution in [1.29, 1.82) is 0 Å². The zero-order chi connectivity index (χ0) is 44.2. The number of carbonyl (C=O) groups excluding carboxylic acids is 7. The molecule has 2 aromatic rings. The summed E-state index contributed by atoms with van der Waals surface area (Å²) in [6.07, 6.45) is -6.33. The smallest absolute Gasteiger partial charge is 0.458 e. The van der Waals surface area contributed by atoms with Crippen LogP contribution in [0.15, 0.2) is 42.5 Å². The Balaban J connectivity index is 1.47. The number of alkyl halides is 3. The molecule has 7 amide bonds. The number of nitrogens with one attached hydrogen (secondary N) is 4. The lowest BCUT2D eigenvalue weighted by atomic mass is 10.0. The van der Waals surface area contributed by atoms with Gasteiger partial charge in [0.05, 0.1) is 0 Å². The highest BCUT2D eigenvalue weighted by atomic mass is 19.4. The predicted molar refractivity (Wildman–Crippen MR) is 200 cm³/mol. The number of fused-ring (bicyclic) bond motifs is 2. The number of urea groups is 1. The minimum Gasteiger partial charge on any atom is -0.458 e. The van der Waals surface area contributed by atoms with Gasteiger partial charge < -0.3 is 45.4 Å². The van der Waals surface area contributed by atoms with Gasteiger partial charge in [-0.25, -0.2) is 18.4 Å². The predicted octanol–water partition coefficient (Wildman–Crippen LogP) is 2.61. The number of cyclic esters (lactones) is 1. The molecule has 5 rings (SSSR count). The van der Waals surface area contributed by atoms with Gasteiger partial charge >= 0.3 is 18.4 Å². The highest BCUT2D eigenvalue weighted by Gasteiger charge is 2.46. The second-order valence-electron chi connectivity index (χ2n) is 15.2. The molecule has 0 saturated carbocycles. The number of hydrogen-bond donors (Lipinski definition) is 4. The summed E-state index contributed by atoms with van der Waals surface area (Å²) in [5.74, 6) is -7.55. The Morgan fingerprint density at radius 2 is 1.57 bits per heavy atom. The highest BCUT2D eigenvalue weighted by Crippen LogP contribution is 2.28. The molecular weight excluding hydrogens is 805 g/mol. The first-order valence-electron chi connectivity index (χ1n) is 19.2. The average Bonchev–Trinajstić information content (AvgIpc) is 3.82. The van der Waals surface area contributed by atoms with Crippen molar-refractivity contribution >= 4 is 47.2 Å². The van der Waals surface area contributed by atoms with E-state index in [1.807, 2.05) is 0 Å². The van der Waals surface area contributed by atoms with Crippen molar-refractivity contribution in [3.8, 4) is 5.75 Å². The van der Waals surface area contributed by atoms with E-state index in [-0.39, 0.29) is 43.1 Å². The van der Waals surface area contributed by atoms with Crippen LogP contribution < -0.4 is 26.0 Å². The first kappa shape index (κ1) is 45.1. The Labute approximate surface area is 341 Å². The molecule has 0 bridgehead atoms. The van der Waals surface area contributed by atoms with Crippen molar-refractivity contribution in [3.05, 3.63) is 59.7 Å². The summed E-state index contributed by atoms with van der Waals surface area (Å²) in [5, 5.41) is 9.79. The van der Waals surface area contributed by atoms with Gasteiger partial charge in [0.15, 0.2) is 0 Å². The lowest BCUT2D eigenvalue weighted by Crippen LogP contribution is -2.62. The molecular formula is C39H46F5N7O9. The molecule has 0 radical (unpaired) electrons. The van der Waals surface area contributed by atoms with Crippen LogP contribution in [0.25, 0.3) is 0 Å². The number of ether oxygens (including phenoxy) is 2. The standard InChI is InChI=1S/C39H46F5N7O9/c1-19-13-30-37(57)59-22(4)31(36(56)50-12-6-7-29(50)35(55)49(5)21(3)32(52)45-20(2)34(54)51(30)18-19)48-33(53)28(16-23-14-24(40)17-25(41)15-23)47-38(58)46-26-8-10-27(11-9-26)60-39(42,43)44/h8-11,14-15,17,19-22,28-31H,6-7,12-13,16,18H2,1-5H3,(H,45,52)(H,48,53)(H2,46,47,58)/t19-,20-,21-,22-,28-,29?,30?,31-/m0/s1. The lowest BCUT2D eigenvalue weighted by Gasteiger charge is -2.36. The minimum atomic E-state index is -4.98. The molecule has 3 aliphatic rings. The van der Waals surface area contributed by atoms with E-state index in [1.54, 1.807) is 6.92 Å². The van der Waals surface area contributed by atoms with Crippen LogP contribution in [0, 0.1) is 17.6 Å². The number of esters is 1. The van der Waals surface area contributed by atoms with Gasteiger partial charge in [-0.2, -0.15) is 0 Å². The van der Waals surface area contributed by atoms with E-state index < -0.39 is 114 Å². The Morgan fingerprint density at radius 1 is 0.917 bits per heavy atom. The van der Waals surface area contributed by atoms with Crippen LogP contribution >= 0.6 is 0 Å². The number of rotatable bonds is 7. The van der Waals surface area contributed by atoms with E-state index >= 15 is 0 Å². The lowest BCUT2D eigenvalue weighted by molar-refractivity contribution is -0.274. The molecule has 4 N–H and O–H groups in total. The van der Waals surface area contributed by atoms with Crippen molar-refractivity contribution in [2.45, 2.75) is 102 Å². The summed E-state index contributed by atoms with van der Waals surface area (Å²) in [6.45, 7) is 6.16. The second kappa shape index (κ2) is 18.5. The Morgan fingerprint density at radius 3 is 2.20 bits per heavy atom. The van der Waals surface area contributed by atoms with Crippen molar-refractivity contribution in [2.75, 3.05) is 25.5 Å². The Hall–Kier alpha value is -6.02. The number of hydrogen-bond acceptors (Lipinski definition) is 9. The molecule has 16 nitrogen and oxygen atoms in total. The molecule has 21 heteroatoms. The van der Waals surface area contributed by atoms with Crippen molar-refractivity contribution in [3.63, 3.8) is 0 Å². The quantitative estimate of drug-likeness (QED) is 0.239. The fourth-order valence-corrected chi connectivity index (χ4v) is 7.43. The highest BCUT2D eigenvalue weighted by molar-refractivity contribution is 5.98. The maximum atomic E-state index is 14.5. The van der Waals surface area contributed by atoms with Gasteiger partial charge in [0, 0.05) is 38.3 Å². The third-order valence-electron chi connectivity index (χ3n) is 10.6. The number of nitrogens with zero attached hydrogens (tertiary/aromatic N) is 3. The third kappa shape index (κ3) is 11.0. The van der Waals surface area contributed by atoms with E-state index in [1.165, 1.54) is 37.6 Å². The summed E-state index contributed by atoms with van der Waals surface area (Å²) in [5.41, 5.74) is -0.151. The van der Waals surface area contributed by atoms with Gasteiger partial charge in [-0.1, -0.05) is 6.92 Å². The van der Waals surface area contributed by atoms with E-state index in [0.29, 0.717) is 12.5 Å². The topological polar surface area (TPSA) is 196 Å². The maximum Gasteiger partial charge on any atom is 0.573 e. The zero-order valence-electron chi connectivity index (χ0n) is 33.3. The molecule has 0 spiro atoms. The van der Waals surface area contributed by atoms with E-state index in [2.05, 4.69) is 26.0 Å². The molecule has 3 saturated heterocycles. The molecule has 2 aromatic carbocycles. The van der Waals surface area contributed by atoms with Gasteiger partial charge in [-0.05, 0) is 87.9 Å². The first-order valence-corrected chi connectivity index (χ1v) is 19.2. The van der Waals surface area contributed by atoms with Crippen LogP contribution in [0.4, 0.5) is 32.4 Å². The molecule has 0 aromatic heterocycles. The molecule has 2 unspecified atom stereocenters. The summed E-state index contributed by atoms with van der Waals surface area (Å²) in [6, 6.07) is -2.63. The molecule has 3 aliphatic heterocycles. The van der Waals surface area contributed by atoms with Crippen LogP contribution in [-0.2, 0) is 39.9 Å². The van der Waals surface area contributed by atoms with Crippen LogP contribution in [0.3, 0.4) is 0 Å². The largest absolute Gasteiger partial charge is 0.573 e. The molecule has 8 atom stereocenters. The number of benzene rings is 2. The number of likely N-dealkylation sites (N-methyl/N-ethyl adjacent to an activating group) is 1. The number of halogens is 5. The van der Waals surface area contributed by atoms with Gasteiger partial charge in [0.2, 0.25) is 29.5 Å². The number of amides is 7. The minimum absolute atomic E-state index is 0.0234. The van der Waals surface area contributed by atoms with Gasteiger partial charge in [-0.3, -0.25) is 24.0 Å². The van der Waals surface area contributed by atoms with Crippen LogP contribution in [0.1, 0.15) is 52.5 Å². The maximum absolute atomic E-state index is 14.5. The van der Waals surface area contributed by atoms with Crippen molar-refractivity contribution in [2.24, 2.45) is 5.92 Å². The number of carbonyl (C=O) groups is 7. The molecule has 60 heavy (non-hydrogen) atoms. The van der Waals surface area contributed by atoms with E-state index in [4.69, 9.17) is 4.74 Å². The summed E-state index contributed by atoms with van der Waals surface area (Å²) < 4.78 is 76.1. The van der Waals surface area contributed by atoms with Crippen molar-refractivity contribution < 1.29 is 65.0 Å². The fourth-order valence-electron chi connectivity index (χ4n) is 7.43. The first-order chi connectivity index (χ1) is 28.1. The molecule has 3 heterocycles. The van der Waals surface area contributed by atoms with E-state index in [0.717, 1.165) is 41.3 Å². The van der Waals surface area contributed by atoms with Crippen LogP contribution in [-0.4, -0.2) is 125 Å². The number of anilines is 1. The van der Waals surface area contributed by atoms with Gasteiger partial charge in [0.1, 0.15) is 59.7 Å². The third-order valence-corrected chi connectivity index (χ3v) is 10.6. The molecule has 0 aliphatic carbocycles. The normalized spacial score (nSPS) is 26.1. The average molecular weight is 852 g/mol. The van der Waals surface area contributed by atoms with Crippen LogP contribution in [0.2, 0.25) is 0 Å². The molecule has 3 fully saturated rings. The summed E-state index contributed by atoms with van der Waals surface area (Å²) in [4.78, 5) is 100. The van der Waals surface area contributed by atoms with Crippen LogP contribution in [0.5, 0.6) is 5.75 Å². The second-order valence-corrected chi connectivity index (χ2v) is 15.2. The SMILES string of the molecule is C[C@H]1CC2C(=O)O[C@@H](C)[C@H](NC(=O)[C@H](Cc3cc(F)cc(F)c3)NC(=O)Nc3ccc(OC(F)(F)F)cc3)C(=O)N3CCCC3C(=O)N(C)[C@@H](C)C(=O)N[C@@H](C)C(=O)N2C1. The fraction of sp³-hybridized carbons (Fsp3) is 0.513. The summed E-state index contributed by atoms with van der Waals surface area (Å²) >= 11 is 0. The molecule has 326 valence electrons. The summed E-state index contributed by atoms with van der Waals surface area (Å²) in [7, 11) is 1.37. The van der Waals surface area contributed by atoms with Gasteiger partial charge in [-0.15, -0.1) is 13.2 Å². The van der Waals surface area contributed by atoms with Gasteiger partial charge in [0.25, 0.3) is 0 Å². The monoisotopic (exact) mass is 851 g/mol. The van der Waals surface area contributed by atoms with E-state index in [9.17, 15) is 55.5 Å². The Kier molecular flexibility index (Phi) is 13.9. The Bertz CT molecular complexity index is 1970. The van der Waals surface area contributed by atoms with Crippen molar-refractivity contribution in [1.82, 2.24) is 30.7 Å². The zero-order valence-corrected chi connectivity index (χ0v) is 33.3.